The summed E-state index contributed by atoms with van der Waals surface area (Å²) >= 11 is 8.67. The molecule has 0 saturated heterocycles. The van der Waals surface area contributed by atoms with E-state index in [9.17, 15) is 0 Å². The summed E-state index contributed by atoms with van der Waals surface area (Å²) in [6.07, 6.45) is 0. The van der Waals surface area contributed by atoms with Crippen LogP contribution in [0.15, 0.2) is 9.02 Å². The van der Waals surface area contributed by atoms with Crippen LogP contribution in [0.25, 0.3) is 11.6 Å². The third kappa shape index (κ3) is 1.44. The maximum absolute atomic E-state index is 5.48. The normalized spacial score (nSPS) is 10.7. The quantitative estimate of drug-likeness (QED) is 0.776. The molecule has 6 nitrogen and oxygen atoms in total. The predicted molar refractivity (Wildman–Crippen MR) is 47.0 cm³/mol. The fourth-order valence-corrected chi connectivity index (χ4v) is 1.47. The highest BCUT2D eigenvalue weighted by Crippen LogP contribution is 2.24. The van der Waals surface area contributed by atoms with Gasteiger partial charge in [-0.1, -0.05) is 10.3 Å². The second-order valence-corrected chi connectivity index (χ2v) is 3.29. The van der Waals surface area contributed by atoms with Gasteiger partial charge in [0, 0.05) is 7.05 Å². The van der Waals surface area contributed by atoms with Gasteiger partial charge in [0.25, 0.3) is 5.89 Å². The fourth-order valence-electron chi connectivity index (χ4n) is 0.860. The first-order valence-corrected chi connectivity index (χ1v) is 4.40. The number of aromatic nitrogens is 5. The molecule has 2 heterocycles. The highest BCUT2D eigenvalue weighted by molar-refractivity contribution is 9.10. The molecule has 0 atom stereocenters. The lowest BCUT2D eigenvalue weighted by molar-refractivity contribution is 0.561. The Hall–Kier alpha value is -0.950. The average Bonchev–Trinajstić information content (AvgIpc) is 2.60. The van der Waals surface area contributed by atoms with Crippen molar-refractivity contribution in [2.75, 3.05) is 0 Å². The molecule has 0 aromatic carbocycles. The lowest BCUT2D eigenvalue weighted by Gasteiger charge is -1.92. The monoisotopic (exact) mass is 263 g/mol. The van der Waals surface area contributed by atoms with E-state index in [-0.39, 0.29) is 11.2 Å². The molecule has 0 spiro atoms. The number of nitrogens with zero attached hydrogens (tertiary/aromatic N) is 5. The van der Waals surface area contributed by atoms with Crippen molar-refractivity contribution in [1.29, 1.82) is 0 Å². The van der Waals surface area contributed by atoms with E-state index in [4.69, 9.17) is 16.0 Å². The molecule has 0 aliphatic rings. The molecule has 0 bridgehead atoms. The fraction of sp³-hybridized carbons (Fsp3) is 0.200. The van der Waals surface area contributed by atoms with Crippen molar-refractivity contribution in [3.63, 3.8) is 0 Å². The van der Waals surface area contributed by atoms with E-state index in [1.165, 1.54) is 4.68 Å². The molecule has 2 aromatic rings. The standard InChI is InChI=1S/C5H3BrClN5O/c1-12-2(3(6)8-11-12)4-9-10-5(7)13-4/h1H3. The van der Waals surface area contributed by atoms with Crippen LogP contribution in [0.4, 0.5) is 0 Å². The lowest BCUT2D eigenvalue weighted by atomic mass is 10.5. The van der Waals surface area contributed by atoms with Crippen molar-refractivity contribution < 1.29 is 4.42 Å². The summed E-state index contributed by atoms with van der Waals surface area (Å²) < 4.78 is 7.05. The van der Waals surface area contributed by atoms with Gasteiger partial charge in [0.15, 0.2) is 10.3 Å². The van der Waals surface area contributed by atoms with Gasteiger partial charge >= 0.3 is 5.35 Å². The smallest absolute Gasteiger partial charge is 0.313 e. The van der Waals surface area contributed by atoms with Crippen molar-refractivity contribution in [1.82, 2.24) is 25.2 Å². The van der Waals surface area contributed by atoms with Crippen LogP contribution in [0.2, 0.25) is 5.35 Å². The second-order valence-electron chi connectivity index (χ2n) is 2.21. The summed E-state index contributed by atoms with van der Waals surface area (Å²) in [5, 5.41) is 14.7. The predicted octanol–water partition coefficient (Wildman–Crippen LogP) is 1.28. The number of hydrogen-bond acceptors (Lipinski definition) is 5. The molecular formula is C5H3BrClN5O. The van der Waals surface area contributed by atoms with Crippen LogP contribution in [-0.2, 0) is 7.05 Å². The lowest BCUT2D eigenvalue weighted by Crippen LogP contribution is -1.94. The van der Waals surface area contributed by atoms with Crippen LogP contribution < -0.4 is 0 Å². The molecule has 0 amide bonds. The molecule has 2 rings (SSSR count). The second kappa shape index (κ2) is 3.08. The van der Waals surface area contributed by atoms with Gasteiger partial charge in [-0.25, -0.2) is 4.68 Å². The van der Waals surface area contributed by atoms with E-state index in [1.54, 1.807) is 7.05 Å². The van der Waals surface area contributed by atoms with Crippen LogP contribution in [-0.4, -0.2) is 25.2 Å². The largest absolute Gasteiger partial charge is 0.406 e. The molecule has 0 aliphatic heterocycles. The van der Waals surface area contributed by atoms with Gasteiger partial charge in [-0.2, -0.15) is 0 Å². The molecule has 0 radical (unpaired) electrons. The maximum Gasteiger partial charge on any atom is 0.313 e. The Balaban J connectivity index is 2.57. The Morgan fingerprint density at radius 3 is 2.62 bits per heavy atom. The van der Waals surface area contributed by atoms with Crippen LogP contribution in [0, 0.1) is 0 Å². The highest BCUT2D eigenvalue weighted by atomic mass is 79.9. The van der Waals surface area contributed by atoms with E-state index >= 15 is 0 Å². The molecule has 2 aromatic heterocycles. The van der Waals surface area contributed by atoms with E-state index < -0.39 is 0 Å². The van der Waals surface area contributed by atoms with Gasteiger partial charge in [-0.05, 0) is 27.5 Å². The summed E-state index contributed by atoms with van der Waals surface area (Å²) in [5.41, 5.74) is 0.597. The van der Waals surface area contributed by atoms with E-state index in [0.29, 0.717) is 10.3 Å². The third-order valence-electron chi connectivity index (χ3n) is 1.39. The molecule has 0 aliphatic carbocycles. The molecule has 0 N–H and O–H groups in total. The third-order valence-corrected chi connectivity index (χ3v) is 2.08. The summed E-state index contributed by atoms with van der Waals surface area (Å²) in [4.78, 5) is 0. The molecule has 13 heavy (non-hydrogen) atoms. The van der Waals surface area contributed by atoms with Gasteiger partial charge in [-0.15, -0.1) is 10.2 Å². The SMILES string of the molecule is Cn1nnc(Br)c1-c1nnc(Cl)o1. The summed E-state index contributed by atoms with van der Waals surface area (Å²) in [5.74, 6) is 0.282. The van der Waals surface area contributed by atoms with Gasteiger partial charge in [0.2, 0.25) is 0 Å². The molecular weight excluding hydrogens is 261 g/mol. The minimum atomic E-state index is -0.0110. The molecule has 0 fully saturated rings. The molecule has 0 saturated carbocycles. The minimum Gasteiger partial charge on any atom is -0.406 e. The summed E-state index contributed by atoms with van der Waals surface area (Å²) in [7, 11) is 1.71. The van der Waals surface area contributed by atoms with Crippen LogP contribution in [0.1, 0.15) is 0 Å². The zero-order chi connectivity index (χ0) is 9.42. The maximum atomic E-state index is 5.48. The van der Waals surface area contributed by atoms with Gasteiger partial charge in [0.1, 0.15) is 0 Å². The zero-order valence-electron chi connectivity index (χ0n) is 6.40. The number of halogens is 2. The summed E-state index contributed by atoms with van der Waals surface area (Å²) in [6.45, 7) is 0. The number of aryl methyl sites for hydroxylation is 1. The Morgan fingerprint density at radius 1 is 1.38 bits per heavy atom. The average molecular weight is 264 g/mol. The van der Waals surface area contributed by atoms with E-state index in [0.717, 1.165) is 0 Å². The van der Waals surface area contributed by atoms with Crippen LogP contribution in [0.3, 0.4) is 0 Å². The van der Waals surface area contributed by atoms with Gasteiger partial charge in [0.05, 0.1) is 0 Å². The number of rotatable bonds is 1. The van der Waals surface area contributed by atoms with Crippen LogP contribution in [0.5, 0.6) is 0 Å². The van der Waals surface area contributed by atoms with Crippen LogP contribution >= 0.6 is 27.5 Å². The van der Waals surface area contributed by atoms with Gasteiger partial charge in [-0.3, -0.25) is 0 Å². The Morgan fingerprint density at radius 2 is 2.15 bits per heavy atom. The van der Waals surface area contributed by atoms with E-state index in [1.807, 2.05) is 0 Å². The number of hydrogen-bond donors (Lipinski definition) is 0. The van der Waals surface area contributed by atoms with Crippen molar-refractivity contribution >= 4 is 27.5 Å². The van der Waals surface area contributed by atoms with Crippen molar-refractivity contribution in [2.45, 2.75) is 0 Å². The van der Waals surface area contributed by atoms with E-state index in [2.05, 4.69) is 36.4 Å². The Bertz CT molecular complexity index is 418. The topological polar surface area (TPSA) is 69.6 Å². The van der Waals surface area contributed by atoms with Gasteiger partial charge < -0.3 is 4.42 Å². The molecule has 0 unspecified atom stereocenters. The molecule has 8 heteroatoms. The first-order valence-electron chi connectivity index (χ1n) is 3.23. The van der Waals surface area contributed by atoms with Crippen molar-refractivity contribution in [3.05, 3.63) is 9.95 Å². The first kappa shape index (κ1) is 8.64. The highest BCUT2D eigenvalue weighted by Gasteiger charge is 2.16. The summed E-state index contributed by atoms with van der Waals surface area (Å²) in [6, 6.07) is 0. The molecule has 68 valence electrons. The Kier molecular flexibility index (Phi) is 2.04. The van der Waals surface area contributed by atoms with Crippen molar-refractivity contribution in [3.8, 4) is 11.6 Å². The first-order chi connectivity index (χ1) is 6.18. The van der Waals surface area contributed by atoms with Crippen molar-refractivity contribution in [2.24, 2.45) is 7.05 Å². The Labute approximate surface area is 86.0 Å². The minimum absolute atomic E-state index is 0.0110. The zero-order valence-corrected chi connectivity index (χ0v) is 8.74.